The highest BCUT2D eigenvalue weighted by molar-refractivity contribution is 7.19. The number of aromatic nitrogens is 2. The lowest BCUT2D eigenvalue weighted by atomic mass is 10.2. The second-order valence-electron chi connectivity index (χ2n) is 3.60. The fourth-order valence-electron chi connectivity index (χ4n) is 1.61. The molecule has 0 N–H and O–H groups in total. The zero-order valence-electron chi connectivity index (χ0n) is 8.82. The monoisotopic (exact) mass is 298 g/mol. The van der Waals surface area contributed by atoms with E-state index >= 15 is 0 Å². The van der Waals surface area contributed by atoms with E-state index in [1.807, 2.05) is 6.07 Å². The van der Waals surface area contributed by atoms with Crippen molar-refractivity contribution in [1.82, 2.24) is 9.97 Å². The summed E-state index contributed by atoms with van der Waals surface area (Å²) in [6.45, 7) is 0. The van der Waals surface area contributed by atoms with Crippen molar-refractivity contribution < 1.29 is 4.39 Å². The number of fused-ring (bicyclic) bond motifs is 1. The van der Waals surface area contributed by atoms with Crippen molar-refractivity contribution in [3.8, 4) is 10.7 Å². The summed E-state index contributed by atoms with van der Waals surface area (Å²) in [6, 6.07) is 7.85. The summed E-state index contributed by atoms with van der Waals surface area (Å²) in [4.78, 5) is 9.34. The average molecular weight is 299 g/mol. The first kappa shape index (κ1) is 11.8. The Morgan fingerprint density at radius 1 is 1.06 bits per heavy atom. The van der Waals surface area contributed by atoms with Gasteiger partial charge in [0.05, 0.1) is 14.7 Å². The van der Waals surface area contributed by atoms with Crippen LogP contribution >= 0.6 is 34.5 Å². The standard InChI is InChI=1S/C12H5Cl2FN2S/c13-10-4-3-9(18-10)12-16-8-2-1-6(15)5-7(8)11(14)17-12/h1-5H. The summed E-state index contributed by atoms with van der Waals surface area (Å²) < 4.78 is 13.8. The van der Waals surface area contributed by atoms with Gasteiger partial charge in [-0.1, -0.05) is 23.2 Å². The van der Waals surface area contributed by atoms with Gasteiger partial charge in [-0.3, -0.25) is 0 Å². The topological polar surface area (TPSA) is 25.8 Å². The molecule has 2 heterocycles. The second kappa shape index (κ2) is 4.46. The molecule has 90 valence electrons. The molecule has 3 rings (SSSR count). The maximum atomic E-state index is 13.1. The number of thiophene rings is 1. The molecule has 2 nitrogen and oxygen atoms in total. The predicted molar refractivity (Wildman–Crippen MR) is 72.8 cm³/mol. The van der Waals surface area contributed by atoms with Crippen LogP contribution in [0.25, 0.3) is 21.6 Å². The highest BCUT2D eigenvalue weighted by atomic mass is 35.5. The van der Waals surface area contributed by atoms with Gasteiger partial charge in [0.15, 0.2) is 5.82 Å². The molecule has 0 aliphatic heterocycles. The van der Waals surface area contributed by atoms with Crippen LogP contribution in [0, 0.1) is 5.82 Å². The zero-order valence-corrected chi connectivity index (χ0v) is 11.2. The molecular weight excluding hydrogens is 294 g/mol. The van der Waals surface area contributed by atoms with E-state index in [0.717, 1.165) is 4.88 Å². The summed E-state index contributed by atoms with van der Waals surface area (Å²) in [5, 5.41) is 0.738. The van der Waals surface area contributed by atoms with Gasteiger partial charge in [-0.15, -0.1) is 11.3 Å². The van der Waals surface area contributed by atoms with E-state index in [2.05, 4.69) is 9.97 Å². The van der Waals surface area contributed by atoms with E-state index in [4.69, 9.17) is 23.2 Å². The van der Waals surface area contributed by atoms with Crippen molar-refractivity contribution in [2.75, 3.05) is 0 Å². The van der Waals surface area contributed by atoms with Gasteiger partial charge in [0.25, 0.3) is 0 Å². The van der Waals surface area contributed by atoms with Gasteiger partial charge in [0, 0.05) is 5.39 Å². The Morgan fingerprint density at radius 2 is 1.89 bits per heavy atom. The molecule has 0 amide bonds. The summed E-state index contributed by atoms with van der Waals surface area (Å²) in [5.41, 5.74) is 0.607. The van der Waals surface area contributed by atoms with Crippen LogP contribution in [0.15, 0.2) is 30.3 Å². The highest BCUT2D eigenvalue weighted by Crippen LogP contribution is 2.31. The van der Waals surface area contributed by atoms with Crippen LogP contribution in [-0.4, -0.2) is 9.97 Å². The highest BCUT2D eigenvalue weighted by Gasteiger charge is 2.10. The molecule has 0 aliphatic carbocycles. The fraction of sp³-hybridized carbons (Fsp3) is 0. The van der Waals surface area contributed by atoms with Crippen molar-refractivity contribution in [3.05, 3.63) is 45.6 Å². The number of rotatable bonds is 1. The van der Waals surface area contributed by atoms with Gasteiger partial charge in [-0.2, -0.15) is 0 Å². The molecule has 3 aromatic rings. The number of nitrogens with zero attached hydrogens (tertiary/aromatic N) is 2. The minimum atomic E-state index is -0.361. The largest absolute Gasteiger partial charge is 0.227 e. The predicted octanol–water partition coefficient (Wildman–Crippen LogP) is 4.80. The van der Waals surface area contributed by atoms with Crippen molar-refractivity contribution in [2.45, 2.75) is 0 Å². The van der Waals surface area contributed by atoms with Crippen LogP contribution in [0.3, 0.4) is 0 Å². The van der Waals surface area contributed by atoms with Gasteiger partial charge in [-0.05, 0) is 30.3 Å². The molecule has 18 heavy (non-hydrogen) atoms. The van der Waals surface area contributed by atoms with Crippen LogP contribution in [0.4, 0.5) is 4.39 Å². The molecule has 0 saturated carbocycles. The van der Waals surface area contributed by atoms with Crippen LogP contribution in [0.2, 0.25) is 9.49 Å². The minimum Gasteiger partial charge on any atom is -0.227 e. The lowest BCUT2D eigenvalue weighted by Crippen LogP contribution is -1.90. The first-order valence-corrected chi connectivity index (χ1v) is 6.59. The van der Waals surface area contributed by atoms with E-state index in [9.17, 15) is 4.39 Å². The normalized spacial score (nSPS) is 11.1. The number of benzene rings is 1. The molecule has 0 aliphatic rings. The van der Waals surface area contributed by atoms with Gasteiger partial charge in [0.2, 0.25) is 0 Å². The molecule has 6 heteroatoms. The molecule has 2 aromatic heterocycles. The molecule has 0 atom stereocenters. The molecular formula is C12H5Cl2FN2S. The molecule has 0 bridgehead atoms. The van der Waals surface area contributed by atoms with E-state index in [1.165, 1.54) is 23.5 Å². The van der Waals surface area contributed by atoms with Crippen LogP contribution in [0.1, 0.15) is 0 Å². The average Bonchev–Trinajstić information content (AvgIpc) is 2.77. The maximum absolute atomic E-state index is 13.1. The Balaban J connectivity index is 2.24. The molecule has 0 fully saturated rings. The summed E-state index contributed by atoms with van der Waals surface area (Å²) in [7, 11) is 0. The molecule has 0 unspecified atom stereocenters. The van der Waals surface area contributed by atoms with E-state index < -0.39 is 0 Å². The minimum absolute atomic E-state index is 0.235. The molecule has 0 spiro atoms. The fourth-order valence-corrected chi connectivity index (χ4v) is 2.82. The summed E-state index contributed by atoms with van der Waals surface area (Å²) >= 11 is 13.3. The third kappa shape index (κ3) is 2.07. The van der Waals surface area contributed by atoms with Crippen LogP contribution in [0.5, 0.6) is 0 Å². The SMILES string of the molecule is Fc1ccc2nc(-c3ccc(Cl)s3)nc(Cl)c2c1. The third-order valence-electron chi connectivity index (χ3n) is 2.40. The Hall–Kier alpha value is -1.23. The van der Waals surface area contributed by atoms with E-state index in [-0.39, 0.29) is 11.0 Å². The van der Waals surface area contributed by atoms with Crippen LogP contribution < -0.4 is 0 Å². The molecule has 1 aromatic carbocycles. The Kier molecular flexibility index (Phi) is 2.93. The number of hydrogen-bond acceptors (Lipinski definition) is 3. The van der Waals surface area contributed by atoms with Crippen molar-refractivity contribution in [2.24, 2.45) is 0 Å². The van der Waals surface area contributed by atoms with E-state index in [0.29, 0.717) is 21.1 Å². The molecule has 0 radical (unpaired) electrons. The van der Waals surface area contributed by atoms with Crippen molar-refractivity contribution in [1.29, 1.82) is 0 Å². The first-order valence-electron chi connectivity index (χ1n) is 5.02. The second-order valence-corrected chi connectivity index (χ2v) is 5.68. The van der Waals surface area contributed by atoms with E-state index in [1.54, 1.807) is 12.1 Å². The Labute approximate surface area is 116 Å². The van der Waals surface area contributed by atoms with Gasteiger partial charge < -0.3 is 0 Å². The smallest absolute Gasteiger partial charge is 0.171 e. The van der Waals surface area contributed by atoms with Gasteiger partial charge >= 0.3 is 0 Å². The summed E-state index contributed by atoms with van der Waals surface area (Å²) in [6.07, 6.45) is 0. The Morgan fingerprint density at radius 3 is 2.61 bits per heavy atom. The molecule has 0 saturated heterocycles. The Bertz CT molecular complexity index is 742. The van der Waals surface area contributed by atoms with Crippen molar-refractivity contribution >= 4 is 45.4 Å². The van der Waals surface area contributed by atoms with Gasteiger partial charge in [0.1, 0.15) is 11.0 Å². The lowest BCUT2D eigenvalue weighted by molar-refractivity contribution is 0.629. The number of hydrogen-bond donors (Lipinski definition) is 0. The zero-order chi connectivity index (χ0) is 12.7. The number of halogens is 3. The van der Waals surface area contributed by atoms with Crippen molar-refractivity contribution in [3.63, 3.8) is 0 Å². The lowest BCUT2D eigenvalue weighted by Gasteiger charge is -2.02. The third-order valence-corrected chi connectivity index (χ3v) is 3.92. The quantitative estimate of drug-likeness (QED) is 0.603. The first-order chi connectivity index (χ1) is 8.63. The van der Waals surface area contributed by atoms with Gasteiger partial charge in [-0.25, -0.2) is 14.4 Å². The summed E-state index contributed by atoms with van der Waals surface area (Å²) in [5.74, 6) is 0.135. The van der Waals surface area contributed by atoms with Crippen LogP contribution in [-0.2, 0) is 0 Å². The maximum Gasteiger partial charge on any atom is 0.171 e.